The lowest BCUT2D eigenvalue weighted by atomic mass is 9.98. The lowest BCUT2D eigenvalue weighted by Gasteiger charge is -2.24. The molecule has 1 aliphatic rings. The molecule has 2 amide bonds. The second-order valence-corrected chi connectivity index (χ2v) is 5.07. The highest BCUT2D eigenvalue weighted by molar-refractivity contribution is 7.80. The maximum Gasteiger partial charge on any atom is 0.237 e. The number of nitrogens with zero attached hydrogens (tertiary/aromatic N) is 1. The average molecular weight is 276 g/mol. The predicted molar refractivity (Wildman–Crippen MR) is 76.5 cm³/mol. The van der Waals surface area contributed by atoms with Gasteiger partial charge in [0, 0.05) is 6.42 Å². The van der Waals surface area contributed by atoms with Crippen molar-refractivity contribution in [1.82, 2.24) is 4.90 Å². The molecule has 0 spiro atoms. The van der Waals surface area contributed by atoms with Crippen molar-refractivity contribution in [2.45, 2.75) is 31.7 Å². The van der Waals surface area contributed by atoms with Crippen LogP contribution in [0, 0.1) is 0 Å². The molecule has 1 saturated heterocycles. The Kier molecular flexibility index (Phi) is 3.95. The number of rotatable bonds is 4. The van der Waals surface area contributed by atoms with Gasteiger partial charge in [0.1, 0.15) is 0 Å². The van der Waals surface area contributed by atoms with Gasteiger partial charge in [-0.2, -0.15) is 0 Å². The van der Waals surface area contributed by atoms with Crippen molar-refractivity contribution in [1.29, 1.82) is 0 Å². The van der Waals surface area contributed by atoms with E-state index in [0.717, 1.165) is 5.56 Å². The van der Waals surface area contributed by atoms with Crippen LogP contribution in [0.5, 0.6) is 0 Å². The van der Waals surface area contributed by atoms with Gasteiger partial charge in [0.15, 0.2) is 0 Å². The van der Waals surface area contributed by atoms with Crippen molar-refractivity contribution in [2.24, 2.45) is 5.73 Å². The molecule has 1 aliphatic heterocycles. The first-order valence-corrected chi connectivity index (χ1v) is 6.67. The summed E-state index contributed by atoms with van der Waals surface area (Å²) in [5.41, 5.74) is 6.48. The van der Waals surface area contributed by atoms with Crippen LogP contribution in [0.2, 0.25) is 0 Å². The Morgan fingerprint density at radius 3 is 2.58 bits per heavy atom. The average Bonchev–Trinajstić information content (AvgIpc) is 2.68. The third kappa shape index (κ3) is 2.51. The molecular formula is C14H16N2O2S. The maximum atomic E-state index is 12.4. The number of thiocarbonyl (C=S) groups is 1. The highest BCUT2D eigenvalue weighted by Gasteiger charge is 2.43. The summed E-state index contributed by atoms with van der Waals surface area (Å²) in [6, 6.07) is 8.86. The molecule has 0 aliphatic carbocycles. The van der Waals surface area contributed by atoms with E-state index < -0.39 is 12.0 Å². The molecule has 1 aromatic rings. The molecular weight excluding hydrogens is 260 g/mol. The minimum atomic E-state index is -0.469. The van der Waals surface area contributed by atoms with Crippen LogP contribution in [0.1, 0.15) is 31.2 Å². The molecule has 0 radical (unpaired) electrons. The standard InChI is InChI=1S/C14H16N2O2S/c1-2-11(13(15)19)16-12(17)8-10(14(16)18)9-6-4-3-5-7-9/h3-7,10-11H,2,8H2,1H3,(H2,15,19). The maximum absolute atomic E-state index is 12.4. The Bertz CT molecular complexity index is 515. The minimum absolute atomic E-state index is 0.193. The van der Waals surface area contributed by atoms with E-state index in [4.69, 9.17) is 18.0 Å². The number of carbonyl (C=O) groups is 2. The van der Waals surface area contributed by atoms with Crippen LogP contribution in [0.4, 0.5) is 0 Å². The van der Waals surface area contributed by atoms with Gasteiger partial charge in [-0.05, 0) is 12.0 Å². The number of carbonyl (C=O) groups excluding carboxylic acids is 2. The summed E-state index contributed by atoms with van der Waals surface area (Å²) < 4.78 is 0. The van der Waals surface area contributed by atoms with Crippen molar-refractivity contribution in [3.05, 3.63) is 35.9 Å². The van der Waals surface area contributed by atoms with Gasteiger partial charge in [-0.3, -0.25) is 14.5 Å². The monoisotopic (exact) mass is 276 g/mol. The number of likely N-dealkylation sites (tertiary alicyclic amines) is 1. The van der Waals surface area contributed by atoms with Crippen molar-refractivity contribution in [2.75, 3.05) is 0 Å². The van der Waals surface area contributed by atoms with Crippen LogP contribution in [-0.4, -0.2) is 27.7 Å². The molecule has 4 nitrogen and oxygen atoms in total. The Morgan fingerprint density at radius 1 is 1.42 bits per heavy atom. The van der Waals surface area contributed by atoms with Gasteiger partial charge in [0.05, 0.1) is 16.9 Å². The number of amides is 2. The summed E-state index contributed by atoms with van der Waals surface area (Å²) in [5, 5.41) is 0. The molecule has 0 saturated carbocycles. The van der Waals surface area contributed by atoms with Gasteiger partial charge in [-0.1, -0.05) is 49.5 Å². The summed E-state index contributed by atoms with van der Waals surface area (Å²) in [4.78, 5) is 25.9. The predicted octanol–water partition coefficient (Wildman–Crippen LogP) is 1.59. The fourth-order valence-corrected chi connectivity index (χ4v) is 2.71. The topological polar surface area (TPSA) is 63.4 Å². The molecule has 100 valence electrons. The van der Waals surface area contributed by atoms with E-state index in [1.54, 1.807) is 0 Å². The molecule has 0 bridgehead atoms. The van der Waals surface area contributed by atoms with E-state index in [2.05, 4.69) is 0 Å². The van der Waals surface area contributed by atoms with Crippen LogP contribution in [-0.2, 0) is 9.59 Å². The van der Waals surface area contributed by atoms with Crippen LogP contribution in [0.3, 0.4) is 0 Å². The molecule has 0 aromatic heterocycles. The summed E-state index contributed by atoms with van der Waals surface area (Å²) in [6.07, 6.45) is 0.746. The normalized spacial score (nSPS) is 20.7. The van der Waals surface area contributed by atoms with Gasteiger partial charge in [-0.25, -0.2) is 0 Å². The molecule has 1 heterocycles. The third-order valence-corrected chi connectivity index (χ3v) is 3.68. The summed E-state index contributed by atoms with van der Waals surface area (Å²) in [6.45, 7) is 1.86. The number of hydrogen-bond acceptors (Lipinski definition) is 3. The van der Waals surface area contributed by atoms with E-state index in [1.807, 2.05) is 37.3 Å². The Balaban J connectivity index is 2.29. The second kappa shape index (κ2) is 5.48. The molecule has 1 fully saturated rings. The smallest absolute Gasteiger partial charge is 0.237 e. The minimum Gasteiger partial charge on any atom is -0.392 e. The SMILES string of the molecule is CCC(C(N)=S)N1C(=O)CC(c2ccccc2)C1=O. The van der Waals surface area contributed by atoms with Crippen LogP contribution in [0.15, 0.2) is 30.3 Å². The lowest BCUT2D eigenvalue weighted by molar-refractivity contribution is -0.140. The number of nitrogens with two attached hydrogens (primary N) is 1. The molecule has 2 unspecified atom stereocenters. The van der Waals surface area contributed by atoms with E-state index in [-0.39, 0.29) is 23.2 Å². The first-order valence-electron chi connectivity index (χ1n) is 6.26. The van der Waals surface area contributed by atoms with Crippen molar-refractivity contribution in [3.63, 3.8) is 0 Å². The number of benzene rings is 1. The zero-order valence-corrected chi connectivity index (χ0v) is 11.5. The molecule has 2 rings (SSSR count). The highest BCUT2D eigenvalue weighted by atomic mass is 32.1. The van der Waals surface area contributed by atoms with E-state index >= 15 is 0 Å². The Labute approximate surface area is 117 Å². The molecule has 2 atom stereocenters. The van der Waals surface area contributed by atoms with E-state index in [1.165, 1.54) is 4.90 Å². The molecule has 5 heteroatoms. The summed E-state index contributed by atoms with van der Waals surface area (Å²) >= 11 is 4.95. The molecule has 1 aromatic carbocycles. The highest BCUT2D eigenvalue weighted by Crippen LogP contribution is 2.31. The first-order chi connectivity index (χ1) is 9.06. The fraction of sp³-hybridized carbons (Fsp3) is 0.357. The third-order valence-electron chi connectivity index (χ3n) is 3.41. The Hall–Kier alpha value is -1.75. The Morgan fingerprint density at radius 2 is 2.05 bits per heavy atom. The molecule has 19 heavy (non-hydrogen) atoms. The van der Waals surface area contributed by atoms with Crippen molar-refractivity contribution in [3.8, 4) is 0 Å². The van der Waals surface area contributed by atoms with Crippen LogP contribution in [0.25, 0.3) is 0 Å². The second-order valence-electron chi connectivity index (χ2n) is 4.60. The number of imide groups is 1. The van der Waals surface area contributed by atoms with Gasteiger partial charge >= 0.3 is 0 Å². The van der Waals surface area contributed by atoms with E-state index in [9.17, 15) is 9.59 Å². The zero-order valence-electron chi connectivity index (χ0n) is 10.7. The first kappa shape index (κ1) is 13.7. The zero-order chi connectivity index (χ0) is 14.0. The largest absolute Gasteiger partial charge is 0.392 e. The summed E-state index contributed by atoms with van der Waals surface area (Å²) in [5.74, 6) is -0.800. The quantitative estimate of drug-likeness (QED) is 0.670. The van der Waals surface area contributed by atoms with Gasteiger partial charge < -0.3 is 5.73 Å². The van der Waals surface area contributed by atoms with Gasteiger partial charge in [0.2, 0.25) is 11.8 Å². The van der Waals surface area contributed by atoms with Crippen LogP contribution < -0.4 is 5.73 Å². The summed E-state index contributed by atoms with van der Waals surface area (Å²) in [7, 11) is 0. The van der Waals surface area contributed by atoms with Gasteiger partial charge in [-0.15, -0.1) is 0 Å². The lowest BCUT2D eigenvalue weighted by Crippen LogP contribution is -2.46. The van der Waals surface area contributed by atoms with Gasteiger partial charge in [0.25, 0.3) is 0 Å². The van der Waals surface area contributed by atoms with Crippen molar-refractivity contribution >= 4 is 29.0 Å². The van der Waals surface area contributed by atoms with E-state index in [0.29, 0.717) is 6.42 Å². The number of hydrogen-bond donors (Lipinski definition) is 1. The fourth-order valence-electron chi connectivity index (χ4n) is 2.44. The van der Waals surface area contributed by atoms with Crippen LogP contribution >= 0.6 is 12.2 Å². The molecule has 2 N–H and O–H groups in total. The van der Waals surface area contributed by atoms with Crippen molar-refractivity contribution < 1.29 is 9.59 Å².